The van der Waals surface area contributed by atoms with Crippen molar-refractivity contribution in [3.05, 3.63) is 0 Å². The lowest BCUT2D eigenvalue weighted by Crippen LogP contribution is -2.45. The van der Waals surface area contributed by atoms with E-state index in [0.29, 0.717) is 19.0 Å². The first-order valence-electron chi connectivity index (χ1n) is 7.08. The summed E-state index contributed by atoms with van der Waals surface area (Å²) in [5, 5.41) is 11.3. The molecule has 1 fully saturated rings. The summed E-state index contributed by atoms with van der Waals surface area (Å²) < 4.78 is 0. The molecule has 0 spiro atoms. The highest BCUT2D eigenvalue weighted by Crippen LogP contribution is 2.29. The average molecular weight is 284 g/mol. The van der Waals surface area contributed by atoms with Crippen molar-refractivity contribution in [1.82, 2.24) is 10.2 Å². The fourth-order valence-electron chi connectivity index (χ4n) is 1.88. The van der Waals surface area contributed by atoms with E-state index in [1.54, 1.807) is 4.90 Å². The molecule has 2 N–H and O–H groups in total. The van der Waals surface area contributed by atoms with E-state index in [0.717, 1.165) is 19.3 Å². The van der Waals surface area contributed by atoms with Gasteiger partial charge in [0.25, 0.3) is 0 Å². The SMILES string of the molecule is CCCN(CC1CC1)C(=O)NC(=O)CC(C)(C)C(=O)O. The first kappa shape index (κ1) is 16.5. The maximum absolute atomic E-state index is 12.0. The van der Waals surface area contributed by atoms with Crippen LogP contribution in [0, 0.1) is 11.3 Å². The van der Waals surface area contributed by atoms with Crippen LogP contribution in [-0.2, 0) is 9.59 Å². The van der Waals surface area contributed by atoms with Gasteiger partial charge < -0.3 is 10.0 Å². The zero-order chi connectivity index (χ0) is 15.3. The molecule has 3 amide bonds. The number of imide groups is 1. The van der Waals surface area contributed by atoms with E-state index in [1.807, 2.05) is 6.92 Å². The second-order valence-corrected chi connectivity index (χ2v) is 6.11. The summed E-state index contributed by atoms with van der Waals surface area (Å²) >= 11 is 0. The van der Waals surface area contributed by atoms with Crippen LogP contribution in [0.5, 0.6) is 0 Å². The number of nitrogens with zero attached hydrogens (tertiary/aromatic N) is 1. The normalized spacial score (nSPS) is 14.8. The third-order valence-corrected chi connectivity index (χ3v) is 3.38. The number of carbonyl (C=O) groups is 3. The van der Waals surface area contributed by atoms with Crippen LogP contribution in [0.25, 0.3) is 0 Å². The molecule has 0 heterocycles. The van der Waals surface area contributed by atoms with E-state index >= 15 is 0 Å². The van der Waals surface area contributed by atoms with Crippen molar-refractivity contribution in [3.8, 4) is 0 Å². The van der Waals surface area contributed by atoms with Crippen molar-refractivity contribution >= 4 is 17.9 Å². The number of nitrogens with one attached hydrogen (secondary N) is 1. The number of rotatable bonds is 7. The van der Waals surface area contributed by atoms with Gasteiger partial charge in [-0.25, -0.2) is 4.79 Å². The molecule has 1 aliphatic carbocycles. The van der Waals surface area contributed by atoms with Crippen LogP contribution in [0.2, 0.25) is 0 Å². The van der Waals surface area contributed by atoms with Gasteiger partial charge >= 0.3 is 12.0 Å². The zero-order valence-corrected chi connectivity index (χ0v) is 12.4. The van der Waals surface area contributed by atoms with Gasteiger partial charge in [0, 0.05) is 19.5 Å². The molecule has 114 valence electrons. The number of hydrogen-bond donors (Lipinski definition) is 2. The maximum Gasteiger partial charge on any atom is 0.324 e. The largest absolute Gasteiger partial charge is 0.481 e. The van der Waals surface area contributed by atoms with Crippen LogP contribution >= 0.6 is 0 Å². The van der Waals surface area contributed by atoms with Crippen LogP contribution < -0.4 is 5.32 Å². The lowest BCUT2D eigenvalue weighted by Gasteiger charge is -2.23. The topological polar surface area (TPSA) is 86.7 Å². The van der Waals surface area contributed by atoms with E-state index in [9.17, 15) is 14.4 Å². The zero-order valence-electron chi connectivity index (χ0n) is 12.4. The molecule has 1 aliphatic rings. The van der Waals surface area contributed by atoms with E-state index in [2.05, 4.69) is 5.32 Å². The molecule has 0 radical (unpaired) electrons. The molecule has 0 aliphatic heterocycles. The minimum absolute atomic E-state index is 0.211. The van der Waals surface area contributed by atoms with Crippen molar-refractivity contribution in [2.24, 2.45) is 11.3 Å². The van der Waals surface area contributed by atoms with E-state index in [-0.39, 0.29) is 6.42 Å². The first-order valence-corrected chi connectivity index (χ1v) is 7.08. The number of carboxylic acid groups (broad SMARTS) is 1. The molecular weight excluding hydrogens is 260 g/mol. The number of carboxylic acids is 1. The molecule has 0 aromatic rings. The average Bonchev–Trinajstić information content (AvgIpc) is 3.11. The molecule has 0 saturated heterocycles. The van der Waals surface area contributed by atoms with Crippen LogP contribution in [0.1, 0.15) is 46.5 Å². The van der Waals surface area contributed by atoms with Crippen LogP contribution in [0.15, 0.2) is 0 Å². The Morgan fingerprint density at radius 3 is 2.35 bits per heavy atom. The van der Waals surface area contributed by atoms with Gasteiger partial charge in [-0.3, -0.25) is 14.9 Å². The second kappa shape index (κ2) is 6.72. The van der Waals surface area contributed by atoms with Crippen LogP contribution in [-0.4, -0.2) is 41.0 Å². The van der Waals surface area contributed by atoms with Gasteiger partial charge in [-0.2, -0.15) is 0 Å². The maximum atomic E-state index is 12.0. The Bertz CT molecular complexity index is 389. The van der Waals surface area contributed by atoms with Crippen molar-refractivity contribution in [1.29, 1.82) is 0 Å². The van der Waals surface area contributed by atoms with Gasteiger partial charge in [0.2, 0.25) is 5.91 Å². The summed E-state index contributed by atoms with van der Waals surface area (Å²) in [4.78, 5) is 36.4. The predicted octanol–water partition coefficient (Wildman–Crippen LogP) is 1.85. The summed E-state index contributed by atoms with van der Waals surface area (Å²) in [5.41, 5.74) is -1.17. The van der Waals surface area contributed by atoms with Crippen LogP contribution in [0.4, 0.5) is 4.79 Å². The van der Waals surface area contributed by atoms with E-state index in [1.165, 1.54) is 13.8 Å². The molecule has 0 atom stereocenters. The number of aliphatic carboxylic acids is 1. The third kappa shape index (κ3) is 5.19. The van der Waals surface area contributed by atoms with Crippen molar-refractivity contribution in [3.63, 3.8) is 0 Å². The molecule has 20 heavy (non-hydrogen) atoms. The molecule has 0 aromatic heterocycles. The number of amides is 3. The third-order valence-electron chi connectivity index (χ3n) is 3.38. The van der Waals surface area contributed by atoms with Crippen molar-refractivity contribution in [2.75, 3.05) is 13.1 Å². The summed E-state index contributed by atoms with van der Waals surface area (Å²) in [6.07, 6.45) is 2.88. The minimum atomic E-state index is -1.17. The number of carbonyl (C=O) groups excluding carboxylic acids is 2. The fourth-order valence-corrected chi connectivity index (χ4v) is 1.88. The highest BCUT2D eigenvalue weighted by atomic mass is 16.4. The second-order valence-electron chi connectivity index (χ2n) is 6.11. The highest BCUT2D eigenvalue weighted by Gasteiger charge is 2.32. The molecule has 1 rings (SSSR count). The van der Waals surface area contributed by atoms with Crippen molar-refractivity contribution in [2.45, 2.75) is 46.5 Å². The van der Waals surface area contributed by atoms with Crippen LogP contribution in [0.3, 0.4) is 0 Å². The summed E-state index contributed by atoms with van der Waals surface area (Å²) in [6.45, 7) is 6.19. The molecule has 0 aromatic carbocycles. The Kier molecular flexibility index (Phi) is 5.53. The van der Waals surface area contributed by atoms with Gasteiger partial charge in [-0.15, -0.1) is 0 Å². The Hall–Kier alpha value is -1.59. The molecule has 6 nitrogen and oxygen atoms in total. The van der Waals surface area contributed by atoms with E-state index < -0.39 is 23.3 Å². The Morgan fingerprint density at radius 1 is 1.30 bits per heavy atom. The standard InChI is InChI=1S/C14H24N2O4/c1-4-7-16(9-10-5-6-10)13(20)15-11(17)8-14(2,3)12(18)19/h10H,4-9H2,1-3H3,(H,18,19)(H,15,17,20). The molecule has 0 unspecified atom stereocenters. The van der Waals surface area contributed by atoms with Gasteiger partial charge in [0.05, 0.1) is 5.41 Å². The van der Waals surface area contributed by atoms with Gasteiger partial charge in [-0.1, -0.05) is 6.92 Å². The Labute approximate surface area is 119 Å². The molecule has 1 saturated carbocycles. The lowest BCUT2D eigenvalue weighted by molar-refractivity contribution is -0.149. The van der Waals surface area contributed by atoms with E-state index in [4.69, 9.17) is 5.11 Å². The lowest BCUT2D eigenvalue weighted by atomic mass is 9.89. The molecule has 6 heteroatoms. The minimum Gasteiger partial charge on any atom is -0.481 e. The summed E-state index contributed by atoms with van der Waals surface area (Å²) in [6, 6.07) is -0.412. The molecule has 0 bridgehead atoms. The smallest absolute Gasteiger partial charge is 0.324 e. The monoisotopic (exact) mass is 284 g/mol. The van der Waals surface area contributed by atoms with Crippen molar-refractivity contribution < 1.29 is 19.5 Å². The Balaban J connectivity index is 2.49. The highest BCUT2D eigenvalue weighted by molar-refractivity contribution is 5.96. The fraction of sp³-hybridized carbons (Fsp3) is 0.786. The predicted molar refractivity (Wildman–Crippen MR) is 74.2 cm³/mol. The Morgan fingerprint density at radius 2 is 1.90 bits per heavy atom. The van der Waals surface area contributed by atoms with Gasteiger partial charge in [-0.05, 0) is 39.0 Å². The summed E-state index contributed by atoms with van der Waals surface area (Å²) in [5.74, 6) is -1.04. The first-order chi connectivity index (χ1) is 9.26. The van der Waals surface area contributed by atoms with Gasteiger partial charge in [0.15, 0.2) is 0 Å². The summed E-state index contributed by atoms with van der Waals surface area (Å²) in [7, 11) is 0. The number of urea groups is 1. The molecular formula is C14H24N2O4. The van der Waals surface area contributed by atoms with Gasteiger partial charge in [0.1, 0.15) is 0 Å². The number of hydrogen-bond acceptors (Lipinski definition) is 3. The quantitative estimate of drug-likeness (QED) is 0.747.